The summed E-state index contributed by atoms with van der Waals surface area (Å²) in [5.41, 5.74) is 1.89. The monoisotopic (exact) mass is 443 g/mol. The summed E-state index contributed by atoms with van der Waals surface area (Å²) >= 11 is 2.76. The Morgan fingerprint density at radius 1 is 1.40 bits per heavy atom. The number of aromatic nitrogens is 2. The van der Waals surface area contributed by atoms with E-state index in [-0.39, 0.29) is 23.3 Å². The number of hydrogen-bond donors (Lipinski definition) is 1. The molecule has 1 amide bonds. The van der Waals surface area contributed by atoms with E-state index >= 15 is 0 Å². The number of carbonyl (C=O) groups is 1. The van der Waals surface area contributed by atoms with Crippen molar-refractivity contribution in [3.63, 3.8) is 0 Å². The molecule has 0 aliphatic heterocycles. The Bertz CT molecular complexity index is 1110. The molecule has 0 aliphatic rings. The number of benzene rings is 1. The van der Waals surface area contributed by atoms with Crippen molar-refractivity contribution in [1.29, 1.82) is 0 Å². The predicted octanol–water partition coefficient (Wildman–Crippen LogP) is 3.86. The third kappa shape index (κ3) is 4.83. The van der Waals surface area contributed by atoms with Gasteiger partial charge in [0.2, 0.25) is 5.91 Å². The van der Waals surface area contributed by atoms with E-state index < -0.39 is 0 Å². The fourth-order valence-electron chi connectivity index (χ4n) is 3.20. The molecule has 3 aromatic rings. The van der Waals surface area contributed by atoms with Gasteiger partial charge in [-0.3, -0.25) is 14.2 Å². The van der Waals surface area contributed by atoms with E-state index in [1.807, 2.05) is 44.2 Å². The highest BCUT2D eigenvalue weighted by Gasteiger charge is 2.19. The van der Waals surface area contributed by atoms with Crippen LogP contribution in [-0.2, 0) is 16.1 Å². The summed E-state index contributed by atoms with van der Waals surface area (Å²) in [6, 6.07) is 9.90. The number of carbonyl (C=O) groups excluding carboxylic acids is 1. The van der Waals surface area contributed by atoms with Gasteiger partial charge in [0, 0.05) is 24.6 Å². The molecule has 1 atom stereocenters. The fourth-order valence-corrected chi connectivity index (χ4v) is 5.25. The van der Waals surface area contributed by atoms with Crippen LogP contribution in [0.2, 0.25) is 0 Å². The number of thiophene rings is 1. The normalized spacial score (nSPS) is 12.1. The van der Waals surface area contributed by atoms with Gasteiger partial charge in [0.05, 0.1) is 17.7 Å². The number of aryl methyl sites for hydroxylation is 1. The molecule has 3 rings (SSSR count). The van der Waals surface area contributed by atoms with E-state index in [4.69, 9.17) is 9.72 Å². The molecule has 0 radical (unpaired) electrons. The van der Waals surface area contributed by atoms with Crippen molar-refractivity contribution in [2.75, 3.05) is 19.5 Å². The maximum atomic E-state index is 13.3. The minimum absolute atomic E-state index is 0.0812. The standard InChI is InChI=1S/C22H25N3O3S2/c1-5-11-25-21(27)18-15(3)19(16-9-7-6-8-10-16)30-20(18)24-22(25)29-13-17(26)23-14(2)12-28-4/h5-10,14H,1,11-13H2,2-4H3,(H,23,26). The zero-order chi connectivity index (χ0) is 21.7. The van der Waals surface area contributed by atoms with E-state index in [0.717, 1.165) is 16.0 Å². The Balaban J connectivity index is 1.96. The number of amides is 1. The first-order chi connectivity index (χ1) is 14.5. The molecular weight excluding hydrogens is 418 g/mol. The first-order valence-electron chi connectivity index (χ1n) is 9.57. The number of ether oxygens (including phenoxy) is 1. The van der Waals surface area contributed by atoms with Crippen LogP contribution in [0.3, 0.4) is 0 Å². The predicted molar refractivity (Wildman–Crippen MR) is 124 cm³/mol. The molecule has 2 heterocycles. The Morgan fingerprint density at radius 2 is 2.13 bits per heavy atom. The number of methoxy groups -OCH3 is 1. The molecule has 0 bridgehead atoms. The van der Waals surface area contributed by atoms with Gasteiger partial charge >= 0.3 is 0 Å². The number of hydrogen-bond acceptors (Lipinski definition) is 6. The summed E-state index contributed by atoms with van der Waals surface area (Å²) in [6.45, 7) is 8.38. The van der Waals surface area contributed by atoms with Crippen molar-refractivity contribution >= 4 is 39.2 Å². The Morgan fingerprint density at radius 3 is 2.80 bits per heavy atom. The van der Waals surface area contributed by atoms with Gasteiger partial charge in [-0.1, -0.05) is 48.2 Å². The van der Waals surface area contributed by atoms with Gasteiger partial charge in [-0.15, -0.1) is 17.9 Å². The molecule has 30 heavy (non-hydrogen) atoms. The number of rotatable bonds is 9. The van der Waals surface area contributed by atoms with Crippen LogP contribution in [0.5, 0.6) is 0 Å². The zero-order valence-electron chi connectivity index (χ0n) is 17.3. The number of nitrogens with one attached hydrogen (secondary N) is 1. The maximum Gasteiger partial charge on any atom is 0.263 e. The second-order valence-electron chi connectivity index (χ2n) is 6.91. The first kappa shape index (κ1) is 22.3. The van der Waals surface area contributed by atoms with Crippen LogP contribution in [0.4, 0.5) is 0 Å². The average Bonchev–Trinajstić information content (AvgIpc) is 3.06. The zero-order valence-corrected chi connectivity index (χ0v) is 18.9. The third-order valence-electron chi connectivity index (χ3n) is 4.52. The van der Waals surface area contributed by atoms with E-state index in [1.165, 1.54) is 23.1 Å². The molecule has 2 aromatic heterocycles. The SMILES string of the molecule is C=CCn1c(SCC(=O)NC(C)COC)nc2sc(-c3ccccc3)c(C)c2c1=O. The van der Waals surface area contributed by atoms with Crippen LogP contribution < -0.4 is 10.9 Å². The van der Waals surface area contributed by atoms with Crippen LogP contribution in [0.1, 0.15) is 12.5 Å². The Labute approximate surface area is 184 Å². The number of thioether (sulfide) groups is 1. The van der Waals surface area contributed by atoms with Crippen molar-refractivity contribution in [3.8, 4) is 10.4 Å². The lowest BCUT2D eigenvalue weighted by Crippen LogP contribution is -2.36. The van der Waals surface area contributed by atoms with Crippen molar-refractivity contribution in [2.24, 2.45) is 0 Å². The van der Waals surface area contributed by atoms with E-state index in [2.05, 4.69) is 11.9 Å². The molecule has 158 valence electrons. The molecule has 0 saturated heterocycles. The molecule has 1 unspecified atom stereocenters. The largest absolute Gasteiger partial charge is 0.383 e. The van der Waals surface area contributed by atoms with Gasteiger partial charge in [0.25, 0.3) is 5.56 Å². The summed E-state index contributed by atoms with van der Waals surface area (Å²) in [5.74, 6) is 0.0374. The molecule has 0 saturated carbocycles. The van der Waals surface area contributed by atoms with Gasteiger partial charge in [0.1, 0.15) is 4.83 Å². The molecule has 1 aromatic carbocycles. The quantitative estimate of drug-likeness (QED) is 0.309. The molecular formula is C22H25N3O3S2. The third-order valence-corrected chi connectivity index (χ3v) is 6.73. The van der Waals surface area contributed by atoms with Crippen LogP contribution in [0, 0.1) is 6.92 Å². The van der Waals surface area contributed by atoms with Crippen molar-refractivity contribution in [2.45, 2.75) is 31.6 Å². The smallest absolute Gasteiger partial charge is 0.263 e. The highest BCUT2D eigenvalue weighted by Crippen LogP contribution is 2.36. The molecule has 0 aliphatic carbocycles. The molecule has 6 nitrogen and oxygen atoms in total. The van der Waals surface area contributed by atoms with Crippen LogP contribution in [-0.4, -0.2) is 41.0 Å². The first-order valence-corrected chi connectivity index (χ1v) is 11.4. The van der Waals surface area contributed by atoms with Gasteiger partial charge in [-0.25, -0.2) is 4.98 Å². The summed E-state index contributed by atoms with van der Waals surface area (Å²) in [5, 5.41) is 4.02. The van der Waals surface area contributed by atoms with Gasteiger partial charge in [-0.05, 0) is 25.0 Å². The van der Waals surface area contributed by atoms with Crippen molar-refractivity contribution in [3.05, 3.63) is 58.9 Å². The minimum atomic E-state index is -0.128. The van der Waals surface area contributed by atoms with Crippen LogP contribution >= 0.6 is 23.1 Å². The molecule has 8 heteroatoms. The van der Waals surface area contributed by atoms with Gasteiger partial charge in [-0.2, -0.15) is 0 Å². The summed E-state index contributed by atoms with van der Waals surface area (Å²) < 4.78 is 6.63. The highest BCUT2D eigenvalue weighted by atomic mass is 32.2. The van der Waals surface area contributed by atoms with Crippen LogP contribution in [0.25, 0.3) is 20.7 Å². The lowest BCUT2D eigenvalue weighted by Gasteiger charge is -2.13. The number of fused-ring (bicyclic) bond motifs is 1. The molecule has 1 N–H and O–H groups in total. The lowest BCUT2D eigenvalue weighted by molar-refractivity contribution is -0.119. The van der Waals surface area contributed by atoms with Crippen molar-refractivity contribution < 1.29 is 9.53 Å². The lowest BCUT2D eigenvalue weighted by atomic mass is 10.1. The fraction of sp³-hybridized carbons (Fsp3) is 0.318. The number of allylic oxidation sites excluding steroid dienone is 1. The Hall–Kier alpha value is -2.42. The second kappa shape index (κ2) is 10.1. The van der Waals surface area contributed by atoms with Crippen molar-refractivity contribution in [1.82, 2.24) is 14.9 Å². The average molecular weight is 444 g/mol. The minimum Gasteiger partial charge on any atom is -0.383 e. The number of nitrogens with zero attached hydrogens (tertiary/aromatic N) is 2. The summed E-state index contributed by atoms with van der Waals surface area (Å²) in [7, 11) is 1.59. The maximum absolute atomic E-state index is 13.3. The summed E-state index contributed by atoms with van der Waals surface area (Å²) in [4.78, 5) is 32.0. The van der Waals surface area contributed by atoms with Gasteiger partial charge < -0.3 is 10.1 Å². The second-order valence-corrected chi connectivity index (χ2v) is 8.86. The van der Waals surface area contributed by atoms with E-state index in [1.54, 1.807) is 17.8 Å². The van der Waals surface area contributed by atoms with E-state index in [9.17, 15) is 9.59 Å². The topological polar surface area (TPSA) is 73.2 Å². The van der Waals surface area contributed by atoms with E-state index in [0.29, 0.717) is 28.5 Å². The van der Waals surface area contributed by atoms with Crippen LogP contribution in [0.15, 0.2) is 52.9 Å². The highest BCUT2D eigenvalue weighted by molar-refractivity contribution is 7.99. The Kier molecular flexibility index (Phi) is 7.47. The molecule has 0 fully saturated rings. The van der Waals surface area contributed by atoms with Gasteiger partial charge in [0.15, 0.2) is 5.16 Å². The molecule has 0 spiro atoms. The summed E-state index contributed by atoms with van der Waals surface area (Å²) in [6.07, 6.45) is 1.67.